The molecule has 0 bridgehead atoms. The minimum absolute atomic E-state index is 0.460. The third kappa shape index (κ3) is 4.27. The van der Waals surface area contributed by atoms with Gasteiger partial charge in [0, 0.05) is 12.7 Å². The molecular formula is C22H24N4O4S. The molecule has 0 unspecified atom stereocenters. The number of thiophene rings is 1. The Morgan fingerprint density at radius 1 is 1.19 bits per heavy atom. The highest BCUT2D eigenvalue weighted by Crippen LogP contribution is 2.48. The first kappa shape index (κ1) is 20.9. The molecule has 2 amide bonds. The zero-order chi connectivity index (χ0) is 22.3. The van der Waals surface area contributed by atoms with Crippen molar-refractivity contribution in [3.05, 3.63) is 46.5 Å². The van der Waals surface area contributed by atoms with Gasteiger partial charge >= 0.3 is 6.09 Å². The Bertz CT molecular complexity index is 1160. The fourth-order valence-corrected chi connectivity index (χ4v) is 4.65. The lowest BCUT2D eigenvalue weighted by Crippen LogP contribution is -2.27. The maximum atomic E-state index is 12.0. The second-order valence-corrected chi connectivity index (χ2v) is 9.31. The first-order chi connectivity index (χ1) is 14.6. The van der Waals surface area contributed by atoms with E-state index < -0.39 is 17.6 Å². The SMILES string of the molecule is Cn1ncc2c1-c1c(Oc3ccc(NC(=O)OC(C)(C)C)cc3)sc(C(N)=O)c1CC2. The number of hydrogen-bond acceptors (Lipinski definition) is 6. The molecule has 0 saturated carbocycles. The number of aryl methyl sites for hydroxylation is 2. The van der Waals surface area contributed by atoms with Crippen molar-refractivity contribution >= 4 is 29.0 Å². The van der Waals surface area contributed by atoms with E-state index in [1.807, 2.05) is 13.2 Å². The van der Waals surface area contributed by atoms with Gasteiger partial charge in [-0.3, -0.25) is 14.8 Å². The Balaban J connectivity index is 1.60. The zero-order valence-electron chi connectivity index (χ0n) is 17.8. The van der Waals surface area contributed by atoms with Crippen molar-refractivity contribution in [2.75, 3.05) is 5.32 Å². The standard InChI is InChI=1S/C22H24N4O4S/c1-22(2,3)30-21(28)25-13-6-8-14(9-7-13)29-20-16-15(18(31-20)19(23)27)10-5-12-11-24-26(4)17(12)16/h6-9,11H,5,10H2,1-4H3,(H2,23,27)(H,25,28). The zero-order valence-corrected chi connectivity index (χ0v) is 18.6. The molecule has 2 aromatic heterocycles. The minimum Gasteiger partial charge on any atom is -0.446 e. The van der Waals surface area contributed by atoms with Gasteiger partial charge in [-0.15, -0.1) is 0 Å². The first-order valence-corrected chi connectivity index (χ1v) is 10.7. The van der Waals surface area contributed by atoms with Gasteiger partial charge in [0.05, 0.1) is 22.3 Å². The molecule has 162 valence electrons. The molecule has 31 heavy (non-hydrogen) atoms. The van der Waals surface area contributed by atoms with Gasteiger partial charge in [0.15, 0.2) is 5.06 Å². The molecule has 0 fully saturated rings. The molecule has 3 aromatic rings. The summed E-state index contributed by atoms with van der Waals surface area (Å²) in [4.78, 5) is 24.5. The number of primary amides is 1. The molecule has 3 N–H and O–H groups in total. The first-order valence-electron chi connectivity index (χ1n) is 9.87. The third-order valence-electron chi connectivity index (χ3n) is 4.80. The fraction of sp³-hybridized carbons (Fsp3) is 0.318. The lowest BCUT2D eigenvalue weighted by Gasteiger charge is -2.19. The Hall–Kier alpha value is -3.33. The molecule has 0 spiro atoms. The summed E-state index contributed by atoms with van der Waals surface area (Å²) in [6, 6.07) is 6.94. The number of nitrogens with zero attached hydrogens (tertiary/aromatic N) is 2. The molecule has 8 nitrogen and oxygen atoms in total. The quantitative estimate of drug-likeness (QED) is 0.622. The molecule has 0 radical (unpaired) electrons. The topological polar surface area (TPSA) is 108 Å². The summed E-state index contributed by atoms with van der Waals surface area (Å²) in [6.07, 6.45) is 2.84. The number of nitrogens with one attached hydrogen (secondary N) is 1. The van der Waals surface area contributed by atoms with Crippen LogP contribution in [0.25, 0.3) is 11.3 Å². The van der Waals surface area contributed by atoms with Crippen molar-refractivity contribution in [3.63, 3.8) is 0 Å². The van der Waals surface area contributed by atoms with Crippen LogP contribution in [-0.2, 0) is 24.6 Å². The Morgan fingerprint density at radius 3 is 2.55 bits per heavy atom. The summed E-state index contributed by atoms with van der Waals surface area (Å²) in [5.74, 6) is 0.114. The molecule has 2 heterocycles. The van der Waals surface area contributed by atoms with Crippen molar-refractivity contribution in [1.29, 1.82) is 0 Å². The molecule has 0 atom stereocenters. The monoisotopic (exact) mass is 440 g/mol. The summed E-state index contributed by atoms with van der Waals surface area (Å²) in [6.45, 7) is 5.41. The summed E-state index contributed by atoms with van der Waals surface area (Å²) in [5, 5.41) is 7.65. The van der Waals surface area contributed by atoms with Crippen LogP contribution in [0.15, 0.2) is 30.5 Å². The molecule has 9 heteroatoms. The van der Waals surface area contributed by atoms with Crippen molar-refractivity contribution in [2.45, 2.75) is 39.2 Å². The highest BCUT2D eigenvalue weighted by atomic mass is 32.1. The lowest BCUT2D eigenvalue weighted by atomic mass is 9.91. The number of fused-ring (bicyclic) bond motifs is 3. The van der Waals surface area contributed by atoms with Gasteiger partial charge in [0.1, 0.15) is 11.4 Å². The van der Waals surface area contributed by atoms with Crippen molar-refractivity contribution < 1.29 is 19.1 Å². The Morgan fingerprint density at radius 2 is 1.90 bits per heavy atom. The van der Waals surface area contributed by atoms with Crippen LogP contribution < -0.4 is 15.8 Å². The molecule has 1 aliphatic carbocycles. The second kappa shape index (κ2) is 7.73. The van der Waals surface area contributed by atoms with E-state index in [4.69, 9.17) is 15.2 Å². The predicted molar refractivity (Wildman–Crippen MR) is 119 cm³/mol. The van der Waals surface area contributed by atoms with Crippen molar-refractivity contribution in [1.82, 2.24) is 9.78 Å². The average Bonchev–Trinajstić information content (AvgIpc) is 3.22. The maximum absolute atomic E-state index is 12.0. The third-order valence-corrected chi connectivity index (χ3v) is 5.93. The highest BCUT2D eigenvalue weighted by Gasteiger charge is 2.31. The largest absolute Gasteiger partial charge is 0.446 e. The van der Waals surface area contributed by atoms with Gasteiger partial charge in [-0.05, 0) is 69.0 Å². The van der Waals surface area contributed by atoms with Crippen LogP contribution >= 0.6 is 11.3 Å². The van der Waals surface area contributed by atoms with Gasteiger partial charge in [-0.2, -0.15) is 5.10 Å². The number of aromatic nitrogens is 2. The highest BCUT2D eigenvalue weighted by molar-refractivity contribution is 7.16. The number of anilines is 1. The van der Waals surface area contributed by atoms with E-state index in [0.717, 1.165) is 28.8 Å². The molecule has 1 aliphatic rings. The number of ether oxygens (including phenoxy) is 2. The molecule has 4 rings (SSSR count). The summed E-state index contributed by atoms with van der Waals surface area (Å²) >= 11 is 1.25. The second-order valence-electron chi connectivity index (χ2n) is 8.33. The Labute approximate surface area is 184 Å². The van der Waals surface area contributed by atoms with Crippen LogP contribution in [0.3, 0.4) is 0 Å². The van der Waals surface area contributed by atoms with Gasteiger partial charge < -0.3 is 15.2 Å². The summed E-state index contributed by atoms with van der Waals surface area (Å²) in [7, 11) is 1.87. The van der Waals surface area contributed by atoms with E-state index in [2.05, 4.69) is 10.4 Å². The van der Waals surface area contributed by atoms with Crippen LogP contribution in [0.1, 0.15) is 41.6 Å². The lowest BCUT2D eigenvalue weighted by molar-refractivity contribution is 0.0635. The molecule has 0 aliphatic heterocycles. The molecular weight excluding hydrogens is 416 g/mol. The maximum Gasteiger partial charge on any atom is 0.412 e. The number of amides is 2. The van der Waals surface area contributed by atoms with Crippen LogP contribution in [0.4, 0.5) is 10.5 Å². The van der Waals surface area contributed by atoms with Crippen LogP contribution in [0.5, 0.6) is 10.8 Å². The van der Waals surface area contributed by atoms with Gasteiger partial charge in [-0.25, -0.2) is 4.79 Å². The van der Waals surface area contributed by atoms with Crippen molar-refractivity contribution in [3.8, 4) is 22.1 Å². The van der Waals surface area contributed by atoms with Gasteiger partial charge in [0.25, 0.3) is 5.91 Å². The van der Waals surface area contributed by atoms with Crippen LogP contribution in [-0.4, -0.2) is 27.4 Å². The minimum atomic E-state index is -0.575. The molecule has 1 aromatic carbocycles. The van der Waals surface area contributed by atoms with Crippen molar-refractivity contribution in [2.24, 2.45) is 12.8 Å². The van der Waals surface area contributed by atoms with Crippen LogP contribution in [0, 0.1) is 0 Å². The van der Waals surface area contributed by atoms with E-state index in [1.54, 1.807) is 49.7 Å². The number of carbonyl (C=O) groups is 2. The van der Waals surface area contributed by atoms with E-state index in [0.29, 0.717) is 27.8 Å². The number of rotatable bonds is 4. The number of hydrogen-bond donors (Lipinski definition) is 2. The van der Waals surface area contributed by atoms with Gasteiger partial charge in [0.2, 0.25) is 0 Å². The summed E-state index contributed by atoms with van der Waals surface area (Å²) < 4.78 is 13.2. The van der Waals surface area contributed by atoms with E-state index in [1.165, 1.54) is 11.3 Å². The van der Waals surface area contributed by atoms with Gasteiger partial charge in [-0.1, -0.05) is 11.3 Å². The summed E-state index contributed by atoms with van der Waals surface area (Å²) in [5.41, 5.74) is 9.48. The number of carbonyl (C=O) groups excluding carboxylic acids is 2. The van der Waals surface area contributed by atoms with E-state index in [-0.39, 0.29) is 0 Å². The van der Waals surface area contributed by atoms with E-state index in [9.17, 15) is 9.59 Å². The number of nitrogens with two attached hydrogens (primary N) is 1. The normalized spacial score (nSPS) is 12.6. The number of benzene rings is 1. The van der Waals surface area contributed by atoms with E-state index >= 15 is 0 Å². The fourth-order valence-electron chi connectivity index (χ4n) is 3.57. The average molecular weight is 441 g/mol. The smallest absolute Gasteiger partial charge is 0.412 e. The predicted octanol–water partition coefficient (Wildman–Crippen LogP) is 4.49. The Kier molecular flexibility index (Phi) is 5.22. The van der Waals surface area contributed by atoms with Crippen LogP contribution in [0.2, 0.25) is 0 Å². The molecule has 0 saturated heterocycles.